The van der Waals surface area contributed by atoms with Gasteiger partial charge >= 0.3 is 5.63 Å². The van der Waals surface area contributed by atoms with Gasteiger partial charge < -0.3 is 14.4 Å². The standard InChI is InChI=1S/C19H23N3O4/c1-11-6-17(24)26-12(2)18(11)19(25)21-9-13-7-15(22-5-3-4-20-22)16(23)8-14(13)10-21/h3-6,13-16,23H,7-10H2,1-2H3/t13-,14+,15-,16-/m1/s1. The Morgan fingerprint density at radius 3 is 2.65 bits per heavy atom. The summed E-state index contributed by atoms with van der Waals surface area (Å²) in [6.07, 6.45) is 4.62. The molecule has 138 valence electrons. The van der Waals surface area contributed by atoms with Gasteiger partial charge in [-0.1, -0.05) is 0 Å². The molecule has 4 rings (SSSR count). The fraction of sp³-hybridized carbons (Fsp3) is 0.526. The molecule has 2 fully saturated rings. The number of aliphatic hydroxyl groups is 1. The van der Waals surface area contributed by atoms with Crippen LogP contribution < -0.4 is 5.63 Å². The van der Waals surface area contributed by atoms with Gasteiger partial charge in [0.2, 0.25) is 0 Å². The Balaban J connectivity index is 1.54. The second kappa shape index (κ2) is 6.39. The van der Waals surface area contributed by atoms with Crippen molar-refractivity contribution in [3.8, 4) is 0 Å². The molecule has 1 amide bonds. The number of amides is 1. The summed E-state index contributed by atoms with van der Waals surface area (Å²) in [6, 6.07) is 3.18. The molecule has 0 bridgehead atoms. The fourth-order valence-corrected chi connectivity index (χ4v) is 4.57. The van der Waals surface area contributed by atoms with E-state index in [4.69, 9.17) is 4.42 Å². The minimum atomic E-state index is -0.454. The summed E-state index contributed by atoms with van der Waals surface area (Å²) in [5.41, 5.74) is 0.692. The van der Waals surface area contributed by atoms with Crippen LogP contribution in [0, 0.1) is 25.7 Å². The molecule has 3 heterocycles. The second-order valence-electron chi connectivity index (χ2n) is 7.50. The molecule has 1 aliphatic carbocycles. The van der Waals surface area contributed by atoms with E-state index >= 15 is 0 Å². The smallest absolute Gasteiger partial charge is 0.336 e. The molecule has 2 aromatic heterocycles. The summed E-state index contributed by atoms with van der Waals surface area (Å²) in [5.74, 6) is 0.901. The van der Waals surface area contributed by atoms with E-state index in [1.165, 1.54) is 6.07 Å². The maximum Gasteiger partial charge on any atom is 0.336 e. The monoisotopic (exact) mass is 357 g/mol. The number of hydrogen-bond acceptors (Lipinski definition) is 5. The number of aromatic nitrogens is 2. The molecule has 0 unspecified atom stereocenters. The summed E-state index contributed by atoms with van der Waals surface area (Å²) >= 11 is 0. The van der Waals surface area contributed by atoms with Crippen molar-refractivity contribution in [2.75, 3.05) is 13.1 Å². The van der Waals surface area contributed by atoms with Crippen LogP contribution in [0.5, 0.6) is 0 Å². The van der Waals surface area contributed by atoms with Gasteiger partial charge in [0.25, 0.3) is 5.91 Å². The van der Waals surface area contributed by atoms with Crippen molar-refractivity contribution < 1.29 is 14.3 Å². The number of hydrogen-bond donors (Lipinski definition) is 1. The normalized spacial score (nSPS) is 28.2. The minimum Gasteiger partial charge on any atom is -0.427 e. The van der Waals surface area contributed by atoms with E-state index < -0.39 is 11.7 Å². The maximum atomic E-state index is 13.0. The fourth-order valence-electron chi connectivity index (χ4n) is 4.57. The lowest BCUT2D eigenvalue weighted by Gasteiger charge is -2.35. The van der Waals surface area contributed by atoms with E-state index in [-0.39, 0.29) is 17.9 Å². The highest BCUT2D eigenvalue weighted by molar-refractivity contribution is 5.96. The topological polar surface area (TPSA) is 88.6 Å². The lowest BCUT2D eigenvalue weighted by Crippen LogP contribution is -2.36. The third kappa shape index (κ3) is 2.86. The molecular formula is C19H23N3O4. The van der Waals surface area contributed by atoms with Crippen LogP contribution in [0.15, 0.2) is 33.7 Å². The van der Waals surface area contributed by atoms with Gasteiger partial charge in [-0.25, -0.2) is 4.79 Å². The van der Waals surface area contributed by atoms with Crippen molar-refractivity contribution >= 4 is 5.91 Å². The number of aryl methyl sites for hydroxylation is 2. The van der Waals surface area contributed by atoms with Crippen molar-refractivity contribution in [1.82, 2.24) is 14.7 Å². The van der Waals surface area contributed by atoms with Gasteiger partial charge in [-0.05, 0) is 50.2 Å². The molecule has 7 nitrogen and oxygen atoms in total. The molecule has 1 saturated carbocycles. The Morgan fingerprint density at radius 1 is 1.27 bits per heavy atom. The second-order valence-corrected chi connectivity index (χ2v) is 7.50. The van der Waals surface area contributed by atoms with Crippen LogP contribution in [0.25, 0.3) is 0 Å². The first-order chi connectivity index (χ1) is 12.4. The number of fused-ring (bicyclic) bond motifs is 1. The van der Waals surface area contributed by atoms with E-state index in [1.807, 2.05) is 21.8 Å². The number of likely N-dealkylation sites (tertiary alicyclic amines) is 1. The maximum absolute atomic E-state index is 13.0. The van der Waals surface area contributed by atoms with Crippen molar-refractivity contribution in [1.29, 1.82) is 0 Å². The molecule has 0 aromatic carbocycles. The van der Waals surface area contributed by atoms with Crippen LogP contribution in [0.3, 0.4) is 0 Å². The number of carbonyl (C=O) groups is 1. The minimum absolute atomic E-state index is 0.0421. The van der Waals surface area contributed by atoms with E-state index in [0.29, 0.717) is 42.3 Å². The summed E-state index contributed by atoms with van der Waals surface area (Å²) in [4.78, 5) is 26.3. The molecular weight excluding hydrogens is 334 g/mol. The molecule has 1 aliphatic heterocycles. The van der Waals surface area contributed by atoms with Crippen LogP contribution in [0.1, 0.15) is 40.6 Å². The molecule has 0 radical (unpaired) electrons. The zero-order valence-corrected chi connectivity index (χ0v) is 15.0. The van der Waals surface area contributed by atoms with Crippen molar-refractivity contribution in [3.05, 3.63) is 51.8 Å². The summed E-state index contributed by atoms with van der Waals surface area (Å²) in [7, 11) is 0. The number of aliphatic hydroxyl groups excluding tert-OH is 1. The van der Waals surface area contributed by atoms with Crippen LogP contribution in [-0.2, 0) is 0 Å². The SMILES string of the molecule is Cc1cc(=O)oc(C)c1C(=O)N1C[C@H]2C[C@@H](n3cccn3)[C@H](O)C[C@H]2C1. The van der Waals surface area contributed by atoms with Gasteiger partial charge in [0.1, 0.15) is 5.76 Å². The van der Waals surface area contributed by atoms with Gasteiger partial charge in [-0.15, -0.1) is 0 Å². The molecule has 26 heavy (non-hydrogen) atoms. The number of rotatable bonds is 2. The van der Waals surface area contributed by atoms with E-state index in [2.05, 4.69) is 5.10 Å². The molecule has 2 aliphatic rings. The van der Waals surface area contributed by atoms with Crippen LogP contribution in [-0.4, -0.2) is 44.9 Å². The molecule has 4 atom stereocenters. The van der Waals surface area contributed by atoms with Gasteiger partial charge in [-0.3, -0.25) is 9.48 Å². The molecule has 7 heteroatoms. The van der Waals surface area contributed by atoms with Gasteiger partial charge in [0.05, 0.1) is 17.7 Å². The van der Waals surface area contributed by atoms with Gasteiger partial charge in [0, 0.05) is 31.5 Å². The first-order valence-corrected chi connectivity index (χ1v) is 9.02. The van der Waals surface area contributed by atoms with Crippen molar-refractivity contribution in [2.24, 2.45) is 11.8 Å². The third-order valence-electron chi connectivity index (χ3n) is 5.81. The number of carbonyl (C=O) groups excluding carboxylic acids is 1. The van der Waals surface area contributed by atoms with E-state index in [1.54, 1.807) is 20.0 Å². The Hall–Kier alpha value is -2.41. The highest BCUT2D eigenvalue weighted by Gasteiger charge is 2.44. The molecule has 1 saturated heterocycles. The summed E-state index contributed by atoms with van der Waals surface area (Å²) in [6.45, 7) is 4.70. The Labute approximate surface area is 151 Å². The summed E-state index contributed by atoms with van der Waals surface area (Å²) < 4.78 is 6.94. The Kier molecular flexibility index (Phi) is 4.19. The first-order valence-electron chi connectivity index (χ1n) is 9.02. The average Bonchev–Trinajstić information content (AvgIpc) is 3.21. The predicted octanol–water partition coefficient (Wildman–Crippen LogP) is 1.54. The summed E-state index contributed by atoms with van der Waals surface area (Å²) in [5, 5.41) is 14.8. The number of nitrogens with zero attached hydrogens (tertiary/aromatic N) is 3. The molecule has 0 spiro atoms. The first kappa shape index (κ1) is 17.0. The quantitative estimate of drug-likeness (QED) is 0.881. The zero-order valence-electron chi connectivity index (χ0n) is 15.0. The third-order valence-corrected chi connectivity index (χ3v) is 5.81. The van der Waals surface area contributed by atoms with Gasteiger partial charge in [0.15, 0.2) is 0 Å². The Bertz CT molecular complexity index is 847. The van der Waals surface area contributed by atoms with Crippen LogP contribution in [0.2, 0.25) is 0 Å². The zero-order chi connectivity index (χ0) is 18.4. The largest absolute Gasteiger partial charge is 0.427 e. The molecule has 1 N–H and O–H groups in total. The van der Waals surface area contributed by atoms with E-state index in [9.17, 15) is 14.7 Å². The van der Waals surface area contributed by atoms with E-state index in [0.717, 1.165) is 6.42 Å². The average molecular weight is 357 g/mol. The lowest BCUT2D eigenvalue weighted by atomic mass is 9.77. The lowest BCUT2D eigenvalue weighted by molar-refractivity contribution is 0.0306. The highest BCUT2D eigenvalue weighted by atomic mass is 16.4. The predicted molar refractivity (Wildman–Crippen MR) is 93.8 cm³/mol. The van der Waals surface area contributed by atoms with Gasteiger partial charge in [-0.2, -0.15) is 5.10 Å². The Morgan fingerprint density at radius 2 is 2.00 bits per heavy atom. The highest BCUT2D eigenvalue weighted by Crippen LogP contribution is 2.41. The van der Waals surface area contributed by atoms with Crippen LogP contribution >= 0.6 is 0 Å². The molecule has 2 aromatic rings. The van der Waals surface area contributed by atoms with Crippen LogP contribution in [0.4, 0.5) is 0 Å². The van der Waals surface area contributed by atoms with Crippen molar-refractivity contribution in [3.63, 3.8) is 0 Å². The van der Waals surface area contributed by atoms with Crippen molar-refractivity contribution in [2.45, 2.75) is 38.8 Å².